The summed E-state index contributed by atoms with van der Waals surface area (Å²) in [5.41, 5.74) is 2.98. The molecule has 1 aromatic heterocycles. The zero-order valence-corrected chi connectivity index (χ0v) is 11.1. The molecule has 0 saturated heterocycles. The number of rotatable bonds is 2. The Morgan fingerprint density at radius 1 is 1.00 bits per heavy atom. The Hall–Kier alpha value is -1.93. The van der Waals surface area contributed by atoms with E-state index in [0.717, 1.165) is 29.7 Å². The fourth-order valence-corrected chi connectivity index (χ4v) is 2.27. The number of aromatic nitrogens is 2. The highest BCUT2D eigenvalue weighted by atomic mass is 35.5. The van der Waals surface area contributed by atoms with E-state index in [9.17, 15) is 0 Å². The molecule has 19 heavy (non-hydrogen) atoms. The summed E-state index contributed by atoms with van der Waals surface area (Å²) in [6.45, 7) is 0. The summed E-state index contributed by atoms with van der Waals surface area (Å²) >= 11 is 6.12. The van der Waals surface area contributed by atoms with E-state index in [1.54, 1.807) is 0 Å². The Labute approximate surface area is 117 Å². The van der Waals surface area contributed by atoms with Crippen LogP contribution >= 0.6 is 11.6 Å². The Kier molecular flexibility index (Phi) is 3.43. The van der Waals surface area contributed by atoms with Gasteiger partial charge in [0.15, 0.2) is 5.82 Å². The van der Waals surface area contributed by atoms with Gasteiger partial charge in [-0.1, -0.05) is 60.2 Å². The number of hydrogen-bond donors (Lipinski definition) is 0. The number of benzene rings is 1. The first-order valence-corrected chi connectivity index (χ1v) is 6.68. The molecule has 1 aliphatic rings. The Morgan fingerprint density at radius 3 is 2.58 bits per heavy atom. The van der Waals surface area contributed by atoms with Crippen LogP contribution in [0.5, 0.6) is 0 Å². The van der Waals surface area contributed by atoms with E-state index < -0.39 is 0 Å². The second-order valence-corrected chi connectivity index (χ2v) is 4.79. The van der Waals surface area contributed by atoms with Crippen molar-refractivity contribution in [1.29, 1.82) is 0 Å². The van der Waals surface area contributed by atoms with Crippen LogP contribution in [0.3, 0.4) is 0 Å². The van der Waals surface area contributed by atoms with E-state index in [1.165, 1.54) is 0 Å². The van der Waals surface area contributed by atoms with Crippen molar-refractivity contribution in [2.75, 3.05) is 0 Å². The highest BCUT2D eigenvalue weighted by molar-refractivity contribution is 6.29. The quantitative estimate of drug-likeness (QED) is 0.748. The molecule has 0 bridgehead atoms. The lowest BCUT2D eigenvalue weighted by molar-refractivity contribution is 1.03. The van der Waals surface area contributed by atoms with Crippen LogP contribution in [0.15, 0.2) is 54.6 Å². The van der Waals surface area contributed by atoms with Gasteiger partial charge in [0.1, 0.15) is 5.15 Å². The lowest BCUT2D eigenvalue weighted by Crippen LogP contribution is -1.96. The molecule has 0 amide bonds. The number of nitrogens with zero attached hydrogens (tertiary/aromatic N) is 2. The minimum absolute atomic E-state index is 0.476. The topological polar surface area (TPSA) is 25.8 Å². The molecule has 1 aromatic carbocycles. The van der Waals surface area contributed by atoms with Gasteiger partial charge in [-0.15, -0.1) is 0 Å². The second-order valence-electron chi connectivity index (χ2n) is 4.40. The van der Waals surface area contributed by atoms with E-state index >= 15 is 0 Å². The van der Waals surface area contributed by atoms with E-state index in [2.05, 4.69) is 28.2 Å². The molecule has 0 atom stereocenters. The Morgan fingerprint density at radius 2 is 1.84 bits per heavy atom. The molecule has 0 spiro atoms. The molecule has 3 heteroatoms. The summed E-state index contributed by atoms with van der Waals surface area (Å²) in [5, 5.41) is 0.476. The maximum Gasteiger partial charge on any atom is 0.161 e. The van der Waals surface area contributed by atoms with Crippen molar-refractivity contribution in [3.63, 3.8) is 0 Å². The fourth-order valence-electron chi connectivity index (χ4n) is 2.09. The normalized spacial score (nSPS) is 14.3. The highest BCUT2D eigenvalue weighted by Crippen LogP contribution is 2.24. The molecule has 3 rings (SSSR count). The third kappa shape index (κ3) is 2.74. The fraction of sp³-hybridized carbons (Fsp3) is 0.125. The molecule has 0 unspecified atom stereocenters. The number of halogens is 1. The van der Waals surface area contributed by atoms with Crippen molar-refractivity contribution in [3.8, 4) is 11.4 Å². The van der Waals surface area contributed by atoms with Crippen LogP contribution in [-0.2, 0) is 0 Å². The maximum absolute atomic E-state index is 6.12. The summed E-state index contributed by atoms with van der Waals surface area (Å²) in [5.74, 6) is 0.669. The first-order valence-electron chi connectivity index (χ1n) is 6.30. The summed E-state index contributed by atoms with van der Waals surface area (Å²) in [6.07, 6.45) is 8.58. The Bertz CT molecular complexity index is 645. The minimum atomic E-state index is 0.476. The van der Waals surface area contributed by atoms with Crippen LogP contribution in [0.4, 0.5) is 0 Å². The third-order valence-electron chi connectivity index (χ3n) is 3.02. The molecular weight excluding hydrogens is 256 g/mol. The molecule has 2 aromatic rings. The molecule has 0 aliphatic heterocycles. The van der Waals surface area contributed by atoms with Crippen LogP contribution in [0.1, 0.15) is 18.5 Å². The molecule has 0 saturated carbocycles. The molecule has 94 valence electrons. The van der Waals surface area contributed by atoms with Gasteiger partial charge in [0, 0.05) is 11.6 Å². The molecule has 2 nitrogen and oxygen atoms in total. The average molecular weight is 269 g/mol. The lowest BCUT2D eigenvalue weighted by atomic mass is 10.0. The number of allylic oxidation sites excluding steroid dienone is 4. The van der Waals surface area contributed by atoms with Gasteiger partial charge >= 0.3 is 0 Å². The molecule has 0 radical (unpaired) electrons. The summed E-state index contributed by atoms with van der Waals surface area (Å²) in [7, 11) is 0. The van der Waals surface area contributed by atoms with Crippen LogP contribution in [0.25, 0.3) is 17.0 Å². The Balaban J connectivity index is 2.06. The summed E-state index contributed by atoms with van der Waals surface area (Å²) in [6, 6.07) is 11.7. The van der Waals surface area contributed by atoms with Gasteiger partial charge in [-0.05, 0) is 18.4 Å². The minimum Gasteiger partial charge on any atom is -0.228 e. The molecule has 0 N–H and O–H groups in total. The first kappa shape index (κ1) is 12.1. The predicted octanol–water partition coefficient (Wildman–Crippen LogP) is 4.53. The molecular formula is C16H13ClN2. The van der Waals surface area contributed by atoms with Crippen LogP contribution in [0.2, 0.25) is 5.15 Å². The van der Waals surface area contributed by atoms with Crippen molar-refractivity contribution in [2.45, 2.75) is 12.8 Å². The SMILES string of the molecule is Clc1cc(C2=CCCC=C2)nc(-c2ccccc2)n1. The van der Waals surface area contributed by atoms with Gasteiger partial charge in [0.25, 0.3) is 0 Å². The van der Waals surface area contributed by atoms with Crippen molar-refractivity contribution >= 4 is 17.2 Å². The molecule has 1 aliphatic carbocycles. The van der Waals surface area contributed by atoms with Gasteiger partial charge in [-0.3, -0.25) is 0 Å². The van der Waals surface area contributed by atoms with Crippen molar-refractivity contribution in [2.24, 2.45) is 0 Å². The van der Waals surface area contributed by atoms with Crippen molar-refractivity contribution in [1.82, 2.24) is 9.97 Å². The van der Waals surface area contributed by atoms with Gasteiger partial charge in [-0.2, -0.15) is 0 Å². The van der Waals surface area contributed by atoms with E-state index in [0.29, 0.717) is 11.0 Å². The molecule has 1 heterocycles. The monoisotopic (exact) mass is 268 g/mol. The second kappa shape index (κ2) is 5.37. The lowest BCUT2D eigenvalue weighted by Gasteiger charge is -2.08. The van der Waals surface area contributed by atoms with Crippen LogP contribution in [0, 0.1) is 0 Å². The summed E-state index contributed by atoms with van der Waals surface area (Å²) < 4.78 is 0. The highest BCUT2D eigenvalue weighted by Gasteiger charge is 2.09. The van der Waals surface area contributed by atoms with Gasteiger partial charge < -0.3 is 0 Å². The zero-order chi connectivity index (χ0) is 13.1. The maximum atomic E-state index is 6.12. The molecule has 0 fully saturated rings. The van der Waals surface area contributed by atoms with E-state index in [-0.39, 0.29) is 0 Å². The van der Waals surface area contributed by atoms with Crippen LogP contribution < -0.4 is 0 Å². The third-order valence-corrected chi connectivity index (χ3v) is 3.21. The van der Waals surface area contributed by atoms with Gasteiger partial charge in [0.05, 0.1) is 5.69 Å². The van der Waals surface area contributed by atoms with E-state index in [4.69, 9.17) is 11.6 Å². The van der Waals surface area contributed by atoms with Crippen molar-refractivity contribution in [3.05, 3.63) is 65.5 Å². The van der Waals surface area contributed by atoms with Crippen molar-refractivity contribution < 1.29 is 0 Å². The predicted molar refractivity (Wildman–Crippen MR) is 78.8 cm³/mol. The largest absolute Gasteiger partial charge is 0.228 e. The standard InChI is InChI=1S/C16H13ClN2/c17-15-11-14(12-7-3-1-4-8-12)18-16(19-15)13-9-5-2-6-10-13/h2-3,5-11H,1,4H2. The number of hydrogen-bond acceptors (Lipinski definition) is 2. The summed E-state index contributed by atoms with van der Waals surface area (Å²) in [4.78, 5) is 8.91. The van der Waals surface area contributed by atoms with E-state index in [1.807, 2.05) is 36.4 Å². The first-order chi connectivity index (χ1) is 9.33. The van der Waals surface area contributed by atoms with Gasteiger partial charge in [0.2, 0.25) is 0 Å². The average Bonchev–Trinajstić information content (AvgIpc) is 2.48. The zero-order valence-electron chi connectivity index (χ0n) is 10.4. The van der Waals surface area contributed by atoms with Crippen LogP contribution in [-0.4, -0.2) is 9.97 Å². The van der Waals surface area contributed by atoms with Gasteiger partial charge in [-0.25, -0.2) is 9.97 Å². The smallest absolute Gasteiger partial charge is 0.161 e.